The second-order valence-corrected chi connectivity index (χ2v) is 5.17. The molecule has 0 saturated carbocycles. The summed E-state index contributed by atoms with van der Waals surface area (Å²) in [5.74, 6) is 0.871. The van der Waals surface area contributed by atoms with E-state index in [0.29, 0.717) is 5.54 Å². The van der Waals surface area contributed by atoms with E-state index < -0.39 is 0 Å². The van der Waals surface area contributed by atoms with Crippen LogP contribution in [0.1, 0.15) is 52.9 Å². The zero-order valence-electron chi connectivity index (χ0n) is 9.97. The average Bonchev–Trinajstić information content (AvgIpc) is 2.17. The molecule has 0 heterocycles. The highest BCUT2D eigenvalue weighted by atomic mass is 15.0. The van der Waals surface area contributed by atoms with Crippen molar-refractivity contribution in [2.45, 2.75) is 58.4 Å². The van der Waals surface area contributed by atoms with Crippen LogP contribution in [-0.2, 0) is 0 Å². The van der Waals surface area contributed by atoms with Crippen LogP contribution >= 0.6 is 0 Å². The molecule has 0 aromatic rings. The summed E-state index contributed by atoms with van der Waals surface area (Å²) in [6.45, 7) is 8.08. The van der Waals surface area contributed by atoms with Crippen LogP contribution in [0.5, 0.6) is 0 Å². The van der Waals surface area contributed by atoms with Gasteiger partial charge in [0.15, 0.2) is 0 Å². The Hall–Kier alpha value is -0.300. The van der Waals surface area contributed by atoms with Crippen molar-refractivity contribution in [3.63, 3.8) is 0 Å². The highest BCUT2D eigenvalue weighted by Crippen LogP contribution is 2.19. The molecule has 0 aromatic carbocycles. The van der Waals surface area contributed by atoms with Crippen LogP contribution in [-0.4, -0.2) is 12.1 Å². The van der Waals surface area contributed by atoms with Gasteiger partial charge >= 0.3 is 0 Å². The van der Waals surface area contributed by atoms with Gasteiger partial charge in [-0.2, -0.15) is 0 Å². The summed E-state index contributed by atoms with van der Waals surface area (Å²) in [5, 5.41) is 3.70. The van der Waals surface area contributed by atoms with Gasteiger partial charge in [-0.1, -0.05) is 25.5 Å². The molecule has 1 atom stereocenters. The number of hydrogen-bond donors (Lipinski definition) is 1. The zero-order valence-corrected chi connectivity index (χ0v) is 9.97. The first kappa shape index (κ1) is 11.8. The lowest BCUT2D eigenvalue weighted by atomic mass is 9.92. The van der Waals surface area contributed by atoms with Gasteiger partial charge in [0.25, 0.3) is 0 Å². The van der Waals surface area contributed by atoms with Gasteiger partial charge < -0.3 is 5.32 Å². The van der Waals surface area contributed by atoms with Crippen molar-refractivity contribution >= 4 is 0 Å². The second kappa shape index (κ2) is 5.55. The van der Waals surface area contributed by atoms with Gasteiger partial charge in [0.1, 0.15) is 0 Å². The van der Waals surface area contributed by atoms with E-state index in [1.54, 1.807) is 0 Å². The van der Waals surface area contributed by atoms with Crippen molar-refractivity contribution in [1.82, 2.24) is 5.32 Å². The summed E-state index contributed by atoms with van der Waals surface area (Å²) >= 11 is 0. The second-order valence-electron chi connectivity index (χ2n) is 5.17. The van der Waals surface area contributed by atoms with Crippen LogP contribution in [0, 0.1) is 5.92 Å². The Bertz CT molecular complexity index is 182. The predicted molar refractivity (Wildman–Crippen MR) is 63.5 cm³/mol. The molecule has 1 aliphatic rings. The fraction of sp³-hybridized carbons (Fsp3) is 0.846. The predicted octanol–water partition coefficient (Wildman–Crippen LogP) is 3.51. The number of hydrogen-bond acceptors (Lipinski definition) is 1. The van der Waals surface area contributed by atoms with Gasteiger partial charge in [0.05, 0.1) is 0 Å². The third kappa shape index (κ3) is 4.28. The van der Waals surface area contributed by atoms with E-state index in [-0.39, 0.29) is 0 Å². The molecule has 0 saturated heterocycles. The van der Waals surface area contributed by atoms with E-state index in [2.05, 4.69) is 38.2 Å². The lowest BCUT2D eigenvalue weighted by molar-refractivity contribution is 0.316. The molecule has 0 aromatic heterocycles. The maximum absolute atomic E-state index is 3.70. The zero-order chi connectivity index (χ0) is 10.4. The highest BCUT2D eigenvalue weighted by molar-refractivity contribution is 4.91. The summed E-state index contributed by atoms with van der Waals surface area (Å²) in [7, 11) is 0. The Balaban J connectivity index is 2.21. The van der Waals surface area contributed by atoms with Crippen molar-refractivity contribution in [2.75, 3.05) is 6.54 Å². The first-order valence-corrected chi connectivity index (χ1v) is 6.04. The minimum Gasteiger partial charge on any atom is -0.312 e. The van der Waals surface area contributed by atoms with Crippen LogP contribution in [0.2, 0.25) is 0 Å². The van der Waals surface area contributed by atoms with E-state index in [1.807, 2.05) is 0 Å². The summed E-state index contributed by atoms with van der Waals surface area (Å²) in [5.41, 5.74) is 0.329. The number of nitrogens with one attached hydrogen (secondary N) is 1. The average molecular weight is 195 g/mol. The van der Waals surface area contributed by atoms with E-state index in [0.717, 1.165) is 5.92 Å². The lowest BCUT2D eigenvalue weighted by Gasteiger charge is -2.29. The van der Waals surface area contributed by atoms with Gasteiger partial charge in [-0.3, -0.25) is 0 Å². The Labute approximate surface area is 89.0 Å². The van der Waals surface area contributed by atoms with Crippen LogP contribution in [0.25, 0.3) is 0 Å². The van der Waals surface area contributed by atoms with Gasteiger partial charge in [-0.05, 0) is 52.0 Å². The number of rotatable bonds is 5. The molecule has 0 spiro atoms. The van der Waals surface area contributed by atoms with Gasteiger partial charge in [0.2, 0.25) is 0 Å². The standard InChI is InChI=1S/C13H25N/c1-4-10-13(2,3)14-11-12-8-6-5-7-9-12/h5-6,12,14H,4,7-11H2,1-3H3. The third-order valence-electron chi connectivity index (χ3n) is 3.12. The molecule has 0 radical (unpaired) electrons. The molecular formula is C13H25N. The van der Waals surface area contributed by atoms with Crippen molar-refractivity contribution in [3.8, 4) is 0 Å². The molecule has 14 heavy (non-hydrogen) atoms. The summed E-state index contributed by atoms with van der Waals surface area (Å²) in [6.07, 6.45) is 11.1. The van der Waals surface area contributed by atoms with E-state index >= 15 is 0 Å². The molecule has 1 heteroatoms. The largest absolute Gasteiger partial charge is 0.312 e. The smallest absolute Gasteiger partial charge is 0.0125 e. The monoisotopic (exact) mass is 195 g/mol. The normalized spacial score (nSPS) is 22.6. The Morgan fingerprint density at radius 1 is 1.36 bits per heavy atom. The van der Waals surface area contributed by atoms with Crippen molar-refractivity contribution in [3.05, 3.63) is 12.2 Å². The quantitative estimate of drug-likeness (QED) is 0.662. The Kier molecular flexibility index (Phi) is 4.67. The molecule has 0 fully saturated rings. The van der Waals surface area contributed by atoms with Crippen LogP contribution < -0.4 is 5.32 Å². The van der Waals surface area contributed by atoms with Crippen LogP contribution in [0.3, 0.4) is 0 Å². The molecule has 1 aliphatic carbocycles. The maximum Gasteiger partial charge on any atom is 0.0125 e. The maximum atomic E-state index is 3.70. The van der Waals surface area contributed by atoms with Gasteiger partial charge in [-0.15, -0.1) is 0 Å². The summed E-state index contributed by atoms with van der Waals surface area (Å²) in [4.78, 5) is 0. The molecule has 0 amide bonds. The Morgan fingerprint density at radius 3 is 2.71 bits per heavy atom. The third-order valence-corrected chi connectivity index (χ3v) is 3.12. The van der Waals surface area contributed by atoms with Crippen LogP contribution in [0.4, 0.5) is 0 Å². The minimum absolute atomic E-state index is 0.329. The molecule has 1 unspecified atom stereocenters. The molecule has 1 N–H and O–H groups in total. The molecule has 1 nitrogen and oxygen atoms in total. The molecule has 0 bridgehead atoms. The topological polar surface area (TPSA) is 12.0 Å². The van der Waals surface area contributed by atoms with Crippen molar-refractivity contribution < 1.29 is 0 Å². The van der Waals surface area contributed by atoms with Crippen molar-refractivity contribution in [2.24, 2.45) is 5.92 Å². The first-order valence-electron chi connectivity index (χ1n) is 6.04. The van der Waals surface area contributed by atoms with E-state index in [9.17, 15) is 0 Å². The minimum atomic E-state index is 0.329. The fourth-order valence-corrected chi connectivity index (χ4v) is 2.18. The van der Waals surface area contributed by atoms with Gasteiger partial charge in [-0.25, -0.2) is 0 Å². The first-order chi connectivity index (χ1) is 6.64. The fourth-order valence-electron chi connectivity index (χ4n) is 2.18. The van der Waals surface area contributed by atoms with E-state index in [4.69, 9.17) is 0 Å². The van der Waals surface area contributed by atoms with Gasteiger partial charge in [0, 0.05) is 5.54 Å². The van der Waals surface area contributed by atoms with Crippen molar-refractivity contribution in [1.29, 1.82) is 0 Å². The molecule has 82 valence electrons. The SMILES string of the molecule is CCCC(C)(C)NCC1CC=CCC1. The Morgan fingerprint density at radius 2 is 2.14 bits per heavy atom. The van der Waals surface area contributed by atoms with E-state index in [1.165, 1.54) is 38.6 Å². The highest BCUT2D eigenvalue weighted by Gasteiger charge is 2.18. The summed E-state index contributed by atoms with van der Waals surface area (Å²) < 4.78 is 0. The van der Waals surface area contributed by atoms with Crippen LogP contribution in [0.15, 0.2) is 12.2 Å². The molecular weight excluding hydrogens is 170 g/mol. The lowest BCUT2D eigenvalue weighted by Crippen LogP contribution is -2.41. The number of allylic oxidation sites excluding steroid dienone is 2. The summed E-state index contributed by atoms with van der Waals surface area (Å²) in [6, 6.07) is 0. The molecule has 0 aliphatic heterocycles. The molecule has 1 rings (SSSR count).